The first-order chi connectivity index (χ1) is 14.7. The molecule has 0 radical (unpaired) electrons. The van der Waals surface area contributed by atoms with Crippen molar-refractivity contribution in [2.75, 3.05) is 17.7 Å². The Kier molecular flexibility index (Phi) is 5.66. The second-order valence-electron chi connectivity index (χ2n) is 6.47. The van der Waals surface area contributed by atoms with Crippen molar-refractivity contribution < 1.29 is 9.53 Å². The van der Waals surface area contributed by atoms with Gasteiger partial charge in [0.25, 0.3) is 0 Å². The molecular formula is C22H20N6O2. The third-order valence-electron chi connectivity index (χ3n) is 4.41. The van der Waals surface area contributed by atoms with E-state index in [1.54, 1.807) is 24.2 Å². The number of methoxy groups -OCH3 is 1. The zero-order chi connectivity index (χ0) is 20.8. The molecule has 0 unspecified atom stereocenters. The Morgan fingerprint density at radius 3 is 2.63 bits per heavy atom. The molecule has 30 heavy (non-hydrogen) atoms. The monoisotopic (exact) mass is 400 g/mol. The molecule has 1 amide bonds. The molecule has 8 heteroatoms. The summed E-state index contributed by atoms with van der Waals surface area (Å²) in [5.41, 5.74) is 2.39. The number of nitrogens with one attached hydrogen (secondary N) is 2. The third kappa shape index (κ3) is 4.61. The lowest BCUT2D eigenvalue weighted by Gasteiger charge is -2.10. The number of para-hydroxylation sites is 1. The number of benzene rings is 2. The largest absolute Gasteiger partial charge is 0.496 e. The number of rotatable bonds is 7. The van der Waals surface area contributed by atoms with Gasteiger partial charge >= 0.3 is 0 Å². The summed E-state index contributed by atoms with van der Waals surface area (Å²) in [6.45, 7) is 0. The van der Waals surface area contributed by atoms with Crippen LogP contribution in [0.15, 0.2) is 79.6 Å². The number of aromatic nitrogens is 4. The van der Waals surface area contributed by atoms with E-state index in [2.05, 4.69) is 25.6 Å². The average Bonchev–Trinajstić information content (AvgIpc) is 3.31. The summed E-state index contributed by atoms with van der Waals surface area (Å²) >= 11 is 0. The topological polar surface area (TPSA) is 94.0 Å². The molecule has 0 saturated carbocycles. The van der Waals surface area contributed by atoms with Crippen LogP contribution in [0.5, 0.6) is 5.75 Å². The van der Waals surface area contributed by atoms with Gasteiger partial charge in [0.1, 0.15) is 30.0 Å². The number of anilines is 3. The van der Waals surface area contributed by atoms with E-state index in [4.69, 9.17) is 4.74 Å². The van der Waals surface area contributed by atoms with Gasteiger partial charge in [-0.2, -0.15) is 0 Å². The molecule has 0 saturated heterocycles. The molecule has 2 N–H and O–H groups in total. The first kappa shape index (κ1) is 19.1. The van der Waals surface area contributed by atoms with Crippen molar-refractivity contribution in [3.05, 3.63) is 85.2 Å². The van der Waals surface area contributed by atoms with Gasteiger partial charge in [-0.25, -0.2) is 15.0 Å². The molecule has 0 spiro atoms. The molecule has 2 aromatic carbocycles. The van der Waals surface area contributed by atoms with Crippen LogP contribution in [0.4, 0.5) is 17.2 Å². The number of imidazole rings is 1. The van der Waals surface area contributed by atoms with E-state index in [1.807, 2.05) is 60.8 Å². The summed E-state index contributed by atoms with van der Waals surface area (Å²) in [6.07, 6.45) is 6.91. The fraction of sp³-hybridized carbons (Fsp3) is 0.0909. The SMILES string of the molecule is COc1ccccc1CC(=O)Nc1ccc(Nc2cc(-n3ccnc3)ncn2)cc1. The number of carbonyl (C=O) groups is 1. The van der Waals surface area contributed by atoms with Gasteiger partial charge in [-0.05, 0) is 30.3 Å². The van der Waals surface area contributed by atoms with Crippen LogP contribution >= 0.6 is 0 Å². The first-order valence-corrected chi connectivity index (χ1v) is 9.30. The van der Waals surface area contributed by atoms with Crippen molar-refractivity contribution in [2.45, 2.75) is 6.42 Å². The minimum atomic E-state index is -0.110. The summed E-state index contributed by atoms with van der Waals surface area (Å²) in [4.78, 5) is 24.9. The highest BCUT2D eigenvalue weighted by molar-refractivity contribution is 5.92. The van der Waals surface area contributed by atoms with Crippen LogP contribution in [0, 0.1) is 0 Å². The third-order valence-corrected chi connectivity index (χ3v) is 4.41. The van der Waals surface area contributed by atoms with E-state index in [0.29, 0.717) is 23.1 Å². The fourth-order valence-corrected chi connectivity index (χ4v) is 2.96. The maximum atomic E-state index is 12.4. The van der Waals surface area contributed by atoms with Crippen LogP contribution in [0.1, 0.15) is 5.56 Å². The molecular weight excluding hydrogens is 380 g/mol. The Hall–Kier alpha value is -4.20. The number of amides is 1. The maximum absolute atomic E-state index is 12.4. The lowest BCUT2D eigenvalue weighted by atomic mass is 10.1. The van der Waals surface area contributed by atoms with E-state index in [-0.39, 0.29) is 12.3 Å². The van der Waals surface area contributed by atoms with Gasteiger partial charge in [-0.15, -0.1) is 0 Å². The second-order valence-corrected chi connectivity index (χ2v) is 6.47. The van der Waals surface area contributed by atoms with Crippen molar-refractivity contribution >= 4 is 23.1 Å². The second kappa shape index (κ2) is 8.87. The molecule has 0 aliphatic rings. The van der Waals surface area contributed by atoms with Gasteiger partial charge in [0.05, 0.1) is 13.5 Å². The quantitative estimate of drug-likeness (QED) is 0.492. The standard InChI is InChI=1S/C22H20N6O2/c1-30-19-5-3-2-4-16(19)12-22(29)27-18-8-6-17(7-9-18)26-20-13-21(25-14-24-20)28-11-10-23-15-28/h2-11,13-15H,12H2,1H3,(H,27,29)(H,24,25,26). The van der Waals surface area contributed by atoms with Crippen LogP contribution in [0.2, 0.25) is 0 Å². The minimum absolute atomic E-state index is 0.110. The Balaban J connectivity index is 1.38. The molecule has 4 aromatic rings. The van der Waals surface area contributed by atoms with Gasteiger partial charge in [-0.1, -0.05) is 18.2 Å². The summed E-state index contributed by atoms with van der Waals surface area (Å²) in [5, 5.41) is 6.13. The van der Waals surface area contributed by atoms with E-state index in [1.165, 1.54) is 6.33 Å². The summed E-state index contributed by atoms with van der Waals surface area (Å²) in [7, 11) is 1.60. The lowest BCUT2D eigenvalue weighted by molar-refractivity contribution is -0.115. The van der Waals surface area contributed by atoms with Crippen molar-refractivity contribution in [1.82, 2.24) is 19.5 Å². The molecule has 8 nitrogen and oxygen atoms in total. The van der Waals surface area contributed by atoms with Crippen LogP contribution in [0.3, 0.4) is 0 Å². The van der Waals surface area contributed by atoms with Crippen molar-refractivity contribution in [3.8, 4) is 11.6 Å². The highest BCUT2D eigenvalue weighted by Crippen LogP contribution is 2.20. The molecule has 0 bridgehead atoms. The Morgan fingerprint density at radius 2 is 1.87 bits per heavy atom. The summed E-state index contributed by atoms with van der Waals surface area (Å²) in [5.74, 6) is 1.96. The normalized spacial score (nSPS) is 10.4. The van der Waals surface area contributed by atoms with E-state index >= 15 is 0 Å². The van der Waals surface area contributed by atoms with E-state index < -0.39 is 0 Å². The van der Waals surface area contributed by atoms with Crippen molar-refractivity contribution in [1.29, 1.82) is 0 Å². The van der Waals surface area contributed by atoms with Crippen molar-refractivity contribution in [2.24, 2.45) is 0 Å². The fourth-order valence-electron chi connectivity index (χ4n) is 2.96. The predicted octanol–water partition coefficient (Wildman–Crippen LogP) is 3.60. The van der Waals surface area contributed by atoms with Gasteiger partial charge in [-0.3, -0.25) is 9.36 Å². The molecule has 0 atom stereocenters. The number of hydrogen-bond donors (Lipinski definition) is 2. The maximum Gasteiger partial charge on any atom is 0.228 e. The number of nitrogens with zero attached hydrogens (tertiary/aromatic N) is 4. The Labute approximate surface area is 173 Å². The van der Waals surface area contributed by atoms with E-state index in [9.17, 15) is 4.79 Å². The molecule has 4 rings (SSSR count). The van der Waals surface area contributed by atoms with Gasteiger partial charge in [0.15, 0.2) is 0 Å². The minimum Gasteiger partial charge on any atom is -0.496 e. The Morgan fingerprint density at radius 1 is 1.07 bits per heavy atom. The van der Waals surface area contributed by atoms with Crippen LogP contribution in [-0.2, 0) is 11.2 Å². The van der Waals surface area contributed by atoms with Gasteiger partial charge < -0.3 is 15.4 Å². The zero-order valence-corrected chi connectivity index (χ0v) is 16.3. The highest BCUT2D eigenvalue weighted by Gasteiger charge is 2.09. The molecule has 0 aliphatic heterocycles. The van der Waals surface area contributed by atoms with Crippen LogP contribution in [0.25, 0.3) is 5.82 Å². The smallest absolute Gasteiger partial charge is 0.228 e. The van der Waals surface area contributed by atoms with Gasteiger partial charge in [0, 0.05) is 35.4 Å². The summed E-state index contributed by atoms with van der Waals surface area (Å²) < 4.78 is 7.10. The van der Waals surface area contributed by atoms with Gasteiger partial charge in [0.2, 0.25) is 5.91 Å². The molecule has 150 valence electrons. The average molecular weight is 400 g/mol. The van der Waals surface area contributed by atoms with Crippen LogP contribution < -0.4 is 15.4 Å². The van der Waals surface area contributed by atoms with Crippen LogP contribution in [-0.4, -0.2) is 32.5 Å². The Bertz CT molecular complexity index is 1130. The predicted molar refractivity (Wildman–Crippen MR) is 114 cm³/mol. The highest BCUT2D eigenvalue weighted by atomic mass is 16.5. The lowest BCUT2D eigenvalue weighted by Crippen LogP contribution is -2.14. The summed E-state index contributed by atoms with van der Waals surface area (Å²) in [6, 6.07) is 16.7. The molecule has 0 fully saturated rings. The molecule has 2 aromatic heterocycles. The van der Waals surface area contributed by atoms with E-state index in [0.717, 1.165) is 11.3 Å². The zero-order valence-electron chi connectivity index (χ0n) is 16.3. The first-order valence-electron chi connectivity index (χ1n) is 9.30. The number of hydrogen-bond acceptors (Lipinski definition) is 6. The molecule has 0 aliphatic carbocycles. The number of ether oxygens (including phenoxy) is 1. The van der Waals surface area contributed by atoms with Crippen molar-refractivity contribution in [3.63, 3.8) is 0 Å². The number of carbonyl (C=O) groups excluding carboxylic acids is 1. The molecule has 2 heterocycles.